The fourth-order valence-electron chi connectivity index (χ4n) is 4.14. The van der Waals surface area contributed by atoms with Gasteiger partial charge in [0.15, 0.2) is 0 Å². The lowest BCUT2D eigenvalue weighted by Gasteiger charge is -2.38. The van der Waals surface area contributed by atoms with Crippen molar-refractivity contribution in [2.24, 2.45) is 19.5 Å². The Morgan fingerprint density at radius 2 is 1.88 bits per heavy atom. The van der Waals surface area contributed by atoms with Crippen molar-refractivity contribution in [1.82, 2.24) is 13.4 Å². The first-order chi connectivity index (χ1) is 11.8. The highest BCUT2D eigenvalue weighted by atomic mass is 32.2. The van der Waals surface area contributed by atoms with Crippen molar-refractivity contribution >= 4 is 21.1 Å². The Labute approximate surface area is 146 Å². The van der Waals surface area contributed by atoms with Crippen LogP contribution in [-0.2, 0) is 28.9 Å². The zero-order chi connectivity index (χ0) is 17.8. The van der Waals surface area contributed by atoms with Gasteiger partial charge in [-0.3, -0.25) is 9.13 Å². The highest BCUT2D eigenvalue weighted by Gasteiger charge is 2.42. The Morgan fingerprint density at radius 1 is 1.12 bits per heavy atom. The summed E-state index contributed by atoms with van der Waals surface area (Å²) < 4.78 is 36.5. The van der Waals surface area contributed by atoms with Crippen LogP contribution in [0.2, 0.25) is 0 Å². The molecule has 0 saturated carbocycles. The summed E-state index contributed by atoms with van der Waals surface area (Å²) in [4.78, 5) is 12.3. The second kappa shape index (κ2) is 5.69. The van der Waals surface area contributed by atoms with Crippen molar-refractivity contribution in [2.75, 3.05) is 26.3 Å². The van der Waals surface area contributed by atoms with Crippen molar-refractivity contribution in [3.8, 4) is 0 Å². The van der Waals surface area contributed by atoms with Gasteiger partial charge in [0.25, 0.3) is 0 Å². The lowest BCUT2D eigenvalue weighted by atomic mass is 9.80. The van der Waals surface area contributed by atoms with Gasteiger partial charge in [-0.25, -0.2) is 13.2 Å². The molecular weight excluding hydrogens is 342 g/mol. The van der Waals surface area contributed by atoms with Gasteiger partial charge in [0.2, 0.25) is 10.0 Å². The van der Waals surface area contributed by atoms with Crippen LogP contribution in [0, 0.1) is 5.41 Å². The first-order valence-electron chi connectivity index (χ1n) is 8.58. The van der Waals surface area contributed by atoms with Gasteiger partial charge < -0.3 is 4.74 Å². The molecule has 2 aliphatic heterocycles. The highest BCUT2D eigenvalue weighted by molar-refractivity contribution is 7.89. The first-order valence-corrected chi connectivity index (χ1v) is 10.0. The van der Waals surface area contributed by atoms with Gasteiger partial charge in [0, 0.05) is 39.2 Å². The van der Waals surface area contributed by atoms with Gasteiger partial charge in [-0.05, 0) is 37.5 Å². The van der Waals surface area contributed by atoms with E-state index < -0.39 is 10.0 Å². The number of aromatic nitrogens is 2. The van der Waals surface area contributed by atoms with Crippen LogP contribution in [0.1, 0.15) is 19.3 Å². The molecule has 1 atom stereocenters. The van der Waals surface area contributed by atoms with Gasteiger partial charge in [0.05, 0.1) is 22.5 Å². The van der Waals surface area contributed by atoms with Gasteiger partial charge in [-0.1, -0.05) is 0 Å². The molecule has 2 aromatic rings. The molecule has 2 fully saturated rings. The minimum atomic E-state index is -3.58. The van der Waals surface area contributed by atoms with E-state index in [4.69, 9.17) is 4.74 Å². The molecule has 4 rings (SSSR count). The minimum Gasteiger partial charge on any atom is -0.381 e. The molecule has 0 N–H and O–H groups in total. The average Bonchev–Trinajstić information content (AvgIpc) is 3.14. The molecule has 1 unspecified atom stereocenters. The number of nitrogens with zero attached hydrogens (tertiary/aromatic N) is 3. The molecule has 2 aliphatic rings. The fourth-order valence-corrected chi connectivity index (χ4v) is 5.75. The quantitative estimate of drug-likeness (QED) is 0.798. The second-order valence-corrected chi connectivity index (χ2v) is 9.23. The molecule has 0 amide bonds. The number of rotatable bonds is 2. The van der Waals surface area contributed by atoms with Gasteiger partial charge in [0.1, 0.15) is 0 Å². The summed E-state index contributed by atoms with van der Waals surface area (Å²) in [6, 6.07) is 4.92. The van der Waals surface area contributed by atoms with Crippen molar-refractivity contribution in [3.63, 3.8) is 0 Å². The molecule has 1 aromatic carbocycles. The summed E-state index contributed by atoms with van der Waals surface area (Å²) in [5.74, 6) is 0. The molecule has 7 nitrogen and oxygen atoms in total. The molecular formula is C17H23N3O4S. The zero-order valence-electron chi connectivity index (χ0n) is 14.6. The summed E-state index contributed by atoms with van der Waals surface area (Å²) in [7, 11) is -0.237. The number of hydrogen-bond acceptors (Lipinski definition) is 4. The largest absolute Gasteiger partial charge is 0.381 e. The Morgan fingerprint density at radius 3 is 2.60 bits per heavy atom. The third kappa shape index (κ3) is 2.54. The maximum Gasteiger partial charge on any atom is 0.328 e. The molecule has 25 heavy (non-hydrogen) atoms. The zero-order valence-corrected chi connectivity index (χ0v) is 15.4. The van der Waals surface area contributed by atoms with Crippen molar-refractivity contribution in [3.05, 3.63) is 28.7 Å². The van der Waals surface area contributed by atoms with E-state index in [2.05, 4.69) is 0 Å². The van der Waals surface area contributed by atoms with E-state index in [1.54, 1.807) is 36.6 Å². The van der Waals surface area contributed by atoms with E-state index in [1.807, 2.05) is 0 Å². The number of benzene rings is 1. The van der Waals surface area contributed by atoms with Crippen LogP contribution in [0.5, 0.6) is 0 Å². The van der Waals surface area contributed by atoms with Crippen molar-refractivity contribution < 1.29 is 13.2 Å². The van der Waals surface area contributed by atoms with Crippen LogP contribution in [0.25, 0.3) is 11.0 Å². The normalized spacial score (nSPS) is 25.2. The Hall–Kier alpha value is -1.64. The van der Waals surface area contributed by atoms with Gasteiger partial charge >= 0.3 is 5.69 Å². The summed E-state index contributed by atoms with van der Waals surface area (Å²) in [5.41, 5.74) is 1.16. The Bertz CT molecular complexity index is 983. The number of hydrogen-bond donors (Lipinski definition) is 0. The maximum absolute atomic E-state index is 13.2. The average molecular weight is 365 g/mol. The maximum atomic E-state index is 13.2. The van der Waals surface area contributed by atoms with Crippen LogP contribution in [0.15, 0.2) is 27.9 Å². The van der Waals surface area contributed by atoms with Crippen LogP contribution < -0.4 is 5.69 Å². The van der Waals surface area contributed by atoms with Crippen molar-refractivity contribution in [2.45, 2.75) is 24.2 Å². The minimum absolute atomic E-state index is 0.0327. The SMILES string of the molecule is Cn1c(=O)n(C)c2cc(S(=O)(=O)N3CCCC4(CCOC4)C3)ccc21. The summed E-state index contributed by atoms with van der Waals surface area (Å²) >= 11 is 0. The lowest BCUT2D eigenvalue weighted by molar-refractivity contribution is 0.105. The van der Waals surface area contributed by atoms with Gasteiger partial charge in [-0.15, -0.1) is 0 Å². The van der Waals surface area contributed by atoms with Crippen LogP contribution in [0.3, 0.4) is 0 Å². The molecule has 0 aliphatic carbocycles. The van der Waals surface area contributed by atoms with E-state index in [-0.39, 0.29) is 16.0 Å². The number of aryl methyl sites for hydroxylation is 2. The predicted octanol–water partition coefficient (Wildman–Crippen LogP) is 1.07. The van der Waals surface area contributed by atoms with Crippen LogP contribution in [0.4, 0.5) is 0 Å². The summed E-state index contributed by atoms with van der Waals surface area (Å²) in [6.07, 6.45) is 2.80. The number of piperidine rings is 1. The van der Waals surface area contributed by atoms with E-state index >= 15 is 0 Å². The standard InChI is InChI=1S/C17H23N3O4S/c1-18-14-5-4-13(10-15(14)19(2)16(18)21)25(22,23)20-8-3-6-17(11-20)7-9-24-12-17/h4-5,10H,3,6-9,11-12H2,1-2H3. The molecule has 1 spiro atoms. The number of ether oxygens (including phenoxy) is 1. The van der Waals surface area contributed by atoms with E-state index in [0.29, 0.717) is 31.8 Å². The Kier molecular flexibility index (Phi) is 3.82. The first kappa shape index (κ1) is 16.8. The third-order valence-electron chi connectivity index (χ3n) is 5.69. The Balaban J connectivity index is 1.74. The van der Waals surface area contributed by atoms with E-state index in [0.717, 1.165) is 24.8 Å². The molecule has 136 valence electrons. The monoisotopic (exact) mass is 365 g/mol. The molecule has 0 radical (unpaired) electrons. The third-order valence-corrected chi connectivity index (χ3v) is 7.53. The molecule has 0 bridgehead atoms. The van der Waals surface area contributed by atoms with Gasteiger partial charge in [-0.2, -0.15) is 4.31 Å². The number of imidazole rings is 1. The van der Waals surface area contributed by atoms with Crippen LogP contribution >= 0.6 is 0 Å². The molecule has 1 aromatic heterocycles. The summed E-state index contributed by atoms with van der Waals surface area (Å²) in [6.45, 7) is 2.41. The fraction of sp³-hybridized carbons (Fsp3) is 0.588. The number of fused-ring (bicyclic) bond motifs is 1. The topological polar surface area (TPSA) is 73.5 Å². The lowest BCUT2D eigenvalue weighted by Crippen LogP contribution is -2.46. The van der Waals surface area contributed by atoms with E-state index in [9.17, 15) is 13.2 Å². The van der Waals surface area contributed by atoms with E-state index in [1.165, 1.54) is 9.13 Å². The summed E-state index contributed by atoms with van der Waals surface area (Å²) in [5, 5.41) is 0. The number of sulfonamides is 1. The highest BCUT2D eigenvalue weighted by Crippen LogP contribution is 2.39. The van der Waals surface area contributed by atoms with Crippen LogP contribution in [-0.4, -0.2) is 48.2 Å². The predicted molar refractivity (Wildman–Crippen MR) is 94.0 cm³/mol. The smallest absolute Gasteiger partial charge is 0.328 e. The molecule has 2 saturated heterocycles. The molecule has 3 heterocycles. The molecule has 8 heteroatoms. The van der Waals surface area contributed by atoms with Crippen molar-refractivity contribution in [1.29, 1.82) is 0 Å². The second-order valence-electron chi connectivity index (χ2n) is 7.30.